The first-order valence-corrected chi connectivity index (χ1v) is 4.85. The van der Waals surface area contributed by atoms with Crippen LogP contribution in [0.1, 0.15) is 17.3 Å². The van der Waals surface area contributed by atoms with Crippen LogP contribution in [0.2, 0.25) is 0 Å². The molecule has 0 unspecified atom stereocenters. The Hall–Kier alpha value is -1.43. The number of rotatable bonds is 2. The second-order valence-corrected chi connectivity index (χ2v) is 3.58. The molecular formula is C9H9BrN2O3. The Labute approximate surface area is 95.0 Å². The Morgan fingerprint density at radius 2 is 2.20 bits per heavy atom. The molecule has 0 radical (unpaired) electrons. The van der Waals surface area contributed by atoms with Gasteiger partial charge in [-0.15, -0.1) is 0 Å². The average molecular weight is 273 g/mol. The van der Waals surface area contributed by atoms with Gasteiger partial charge in [-0.05, 0) is 22.0 Å². The number of aromatic nitrogens is 1. The number of hydrogen-bond donors (Lipinski definition) is 1. The highest BCUT2D eigenvalue weighted by atomic mass is 79.9. The molecule has 0 aliphatic rings. The number of nitrogens with zero attached hydrogens (tertiary/aromatic N) is 1. The summed E-state index contributed by atoms with van der Waals surface area (Å²) in [6, 6.07) is 1.53. The predicted octanol–water partition coefficient (Wildman–Crippen LogP) is 1.59. The molecule has 1 heterocycles. The number of methoxy groups -OCH3 is 1. The normalized spacial score (nSPS) is 9.53. The highest BCUT2D eigenvalue weighted by Gasteiger charge is 2.10. The van der Waals surface area contributed by atoms with Crippen LogP contribution in [0.5, 0.6) is 0 Å². The van der Waals surface area contributed by atoms with Crippen LogP contribution < -0.4 is 5.32 Å². The fourth-order valence-corrected chi connectivity index (χ4v) is 1.37. The molecule has 1 aromatic rings. The van der Waals surface area contributed by atoms with E-state index in [0.29, 0.717) is 15.9 Å². The van der Waals surface area contributed by atoms with Gasteiger partial charge < -0.3 is 10.1 Å². The topological polar surface area (TPSA) is 68.3 Å². The highest BCUT2D eigenvalue weighted by Crippen LogP contribution is 2.20. The standard InChI is InChI=1S/C9H9BrN2O3/c1-5(13)12-8-7(10)3-6(4-11-8)9(14)15-2/h3-4H,1-2H3,(H,11,12,13). The van der Waals surface area contributed by atoms with Crippen LogP contribution in [0.4, 0.5) is 5.82 Å². The molecule has 1 rings (SSSR count). The summed E-state index contributed by atoms with van der Waals surface area (Å²) in [5.74, 6) is -0.332. The molecule has 0 aliphatic heterocycles. The third kappa shape index (κ3) is 3.02. The van der Waals surface area contributed by atoms with Crippen LogP contribution in [0.3, 0.4) is 0 Å². The maximum Gasteiger partial charge on any atom is 0.339 e. The third-order valence-electron chi connectivity index (χ3n) is 1.56. The van der Waals surface area contributed by atoms with Crippen molar-refractivity contribution in [1.82, 2.24) is 4.98 Å². The zero-order valence-corrected chi connectivity index (χ0v) is 9.79. The molecule has 0 atom stereocenters. The number of carbonyl (C=O) groups excluding carboxylic acids is 2. The number of amides is 1. The molecular weight excluding hydrogens is 264 g/mol. The van der Waals surface area contributed by atoms with Crippen molar-refractivity contribution in [2.45, 2.75) is 6.92 Å². The van der Waals surface area contributed by atoms with Gasteiger partial charge >= 0.3 is 5.97 Å². The van der Waals surface area contributed by atoms with Crippen LogP contribution in [-0.2, 0) is 9.53 Å². The first kappa shape index (κ1) is 11.6. The van der Waals surface area contributed by atoms with Crippen LogP contribution in [-0.4, -0.2) is 24.0 Å². The summed E-state index contributed by atoms with van der Waals surface area (Å²) in [7, 11) is 1.29. The predicted molar refractivity (Wildman–Crippen MR) is 57.6 cm³/mol. The smallest absolute Gasteiger partial charge is 0.339 e. The molecule has 0 saturated heterocycles. The van der Waals surface area contributed by atoms with Gasteiger partial charge in [0.2, 0.25) is 5.91 Å². The molecule has 0 aliphatic carbocycles. The lowest BCUT2D eigenvalue weighted by Gasteiger charge is -2.05. The lowest BCUT2D eigenvalue weighted by atomic mass is 10.3. The maximum atomic E-state index is 11.1. The van der Waals surface area contributed by atoms with Gasteiger partial charge in [-0.3, -0.25) is 4.79 Å². The minimum Gasteiger partial charge on any atom is -0.465 e. The monoisotopic (exact) mass is 272 g/mol. The zero-order valence-electron chi connectivity index (χ0n) is 8.20. The van der Waals surface area contributed by atoms with Gasteiger partial charge in [0.15, 0.2) is 0 Å². The zero-order chi connectivity index (χ0) is 11.4. The second kappa shape index (κ2) is 4.88. The Balaban J connectivity index is 2.97. The van der Waals surface area contributed by atoms with E-state index in [4.69, 9.17) is 0 Å². The molecule has 1 N–H and O–H groups in total. The summed E-state index contributed by atoms with van der Waals surface area (Å²) in [4.78, 5) is 25.8. The molecule has 80 valence electrons. The van der Waals surface area contributed by atoms with Gasteiger partial charge in [-0.1, -0.05) is 0 Å². The van der Waals surface area contributed by atoms with E-state index in [1.807, 2.05) is 0 Å². The minimum absolute atomic E-state index is 0.228. The number of hydrogen-bond acceptors (Lipinski definition) is 4. The van der Waals surface area contributed by atoms with E-state index in [-0.39, 0.29) is 5.91 Å². The molecule has 5 nitrogen and oxygen atoms in total. The van der Waals surface area contributed by atoms with E-state index >= 15 is 0 Å². The van der Waals surface area contributed by atoms with Crippen molar-refractivity contribution in [3.63, 3.8) is 0 Å². The fourth-order valence-electron chi connectivity index (χ4n) is 0.926. The largest absolute Gasteiger partial charge is 0.465 e. The van der Waals surface area contributed by atoms with Crippen molar-refractivity contribution in [2.75, 3.05) is 12.4 Å². The van der Waals surface area contributed by atoms with Crippen molar-refractivity contribution in [3.8, 4) is 0 Å². The number of anilines is 1. The van der Waals surface area contributed by atoms with E-state index < -0.39 is 5.97 Å². The van der Waals surface area contributed by atoms with Gasteiger partial charge in [0.25, 0.3) is 0 Å². The van der Waals surface area contributed by atoms with E-state index in [2.05, 4.69) is 31.0 Å². The van der Waals surface area contributed by atoms with Crippen LogP contribution in [0.25, 0.3) is 0 Å². The number of ether oxygens (including phenoxy) is 1. The van der Waals surface area contributed by atoms with Crippen LogP contribution in [0, 0.1) is 0 Å². The molecule has 0 aromatic carbocycles. The first-order chi connectivity index (χ1) is 7.04. The molecule has 15 heavy (non-hydrogen) atoms. The van der Waals surface area contributed by atoms with Gasteiger partial charge in [0.05, 0.1) is 17.1 Å². The Morgan fingerprint density at radius 3 is 2.67 bits per heavy atom. The molecule has 6 heteroatoms. The van der Waals surface area contributed by atoms with Crippen molar-refractivity contribution in [1.29, 1.82) is 0 Å². The van der Waals surface area contributed by atoms with Gasteiger partial charge in [-0.2, -0.15) is 0 Å². The quantitative estimate of drug-likeness (QED) is 0.831. The molecule has 1 aromatic heterocycles. The number of esters is 1. The molecule has 1 amide bonds. The van der Waals surface area contributed by atoms with Crippen molar-refractivity contribution < 1.29 is 14.3 Å². The summed E-state index contributed by atoms with van der Waals surface area (Å²) < 4.78 is 5.05. The second-order valence-electron chi connectivity index (χ2n) is 2.73. The fraction of sp³-hybridized carbons (Fsp3) is 0.222. The Bertz CT molecular complexity index is 406. The molecule has 0 spiro atoms. The van der Waals surface area contributed by atoms with Gasteiger partial charge in [-0.25, -0.2) is 9.78 Å². The van der Waals surface area contributed by atoms with Crippen molar-refractivity contribution in [3.05, 3.63) is 22.3 Å². The lowest BCUT2D eigenvalue weighted by Crippen LogP contribution is -2.09. The number of pyridine rings is 1. The molecule has 0 saturated carbocycles. The van der Waals surface area contributed by atoms with E-state index in [1.165, 1.54) is 26.3 Å². The Kier molecular flexibility index (Phi) is 3.79. The lowest BCUT2D eigenvalue weighted by molar-refractivity contribution is -0.114. The van der Waals surface area contributed by atoms with Crippen molar-refractivity contribution >= 4 is 33.6 Å². The number of halogens is 1. The SMILES string of the molecule is COC(=O)c1cnc(NC(C)=O)c(Br)c1. The summed E-state index contributed by atoms with van der Waals surface area (Å²) in [6.45, 7) is 1.38. The molecule has 0 bridgehead atoms. The van der Waals surface area contributed by atoms with E-state index in [9.17, 15) is 9.59 Å². The van der Waals surface area contributed by atoms with Crippen LogP contribution >= 0.6 is 15.9 Å². The van der Waals surface area contributed by atoms with Crippen molar-refractivity contribution in [2.24, 2.45) is 0 Å². The minimum atomic E-state index is -0.474. The maximum absolute atomic E-state index is 11.1. The summed E-state index contributed by atoms with van der Waals surface area (Å²) in [5, 5.41) is 2.51. The highest BCUT2D eigenvalue weighted by molar-refractivity contribution is 9.10. The van der Waals surface area contributed by atoms with Gasteiger partial charge in [0, 0.05) is 13.1 Å². The van der Waals surface area contributed by atoms with E-state index in [1.54, 1.807) is 0 Å². The number of nitrogens with one attached hydrogen (secondary N) is 1. The Morgan fingerprint density at radius 1 is 1.53 bits per heavy atom. The van der Waals surface area contributed by atoms with E-state index in [0.717, 1.165) is 0 Å². The van der Waals surface area contributed by atoms with Crippen LogP contribution in [0.15, 0.2) is 16.7 Å². The molecule has 0 fully saturated rings. The number of carbonyl (C=O) groups is 2. The average Bonchev–Trinajstić information content (AvgIpc) is 2.19. The summed E-state index contributed by atoms with van der Waals surface area (Å²) in [6.07, 6.45) is 1.34. The third-order valence-corrected chi connectivity index (χ3v) is 2.16. The summed E-state index contributed by atoms with van der Waals surface area (Å²) >= 11 is 3.19. The van der Waals surface area contributed by atoms with Gasteiger partial charge in [0.1, 0.15) is 5.82 Å². The summed E-state index contributed by atoms with van der Waals surface area (Å²) in [5.41, 5.74) is 0.318. The first-order valence-electron chi connectivity index (χ1n) is 4.06.